The summed E-state index contributed by atoms with van der Waals surface area (Å²) in [7, 11) is 0. The van der Waals surface area contributed by atoms with E-state index in [1.54, 1.807) is 12.1 Å². The van der Waals surface area contributed by atoms with Crippen LogP contribution in [0.1, 0.15) is 0 Å². The van der Waals surface area contributed by atoms with Crippen molar-refractivity contribution in [2.45, 2.75) is 0 Å². The summed E-state index contributed by atoms with van der Waals surface area (Å²) in [6.07, 6.45) is 0. The van der Waals surface area contributed by atoms with E-state index < -0.39 is 11.6 Å². The maximum absolute atomic E-state index is 13.2. The highest BCUT2D eigenvalue weighted by Crippen LogP contribution is 2.18. The van der Waals surface area contributed by atoms with Gasteiger partial charge in [-0.1, -0.05) is 0 Å². The van der Waals surface area contributed by atoms with E-state index in [1.807, 2.05) is 4.90 Å². The minimum absolute atomic E-state index is 0.259. The van der Waals surface area contributed by atoms with E-state index in [2.05, 4.69) is 10.2 Å². The third-order valence-electron chi connectivity index (χ3n) is 3.87. The molecule has 126 valence electrons. The summed E-state index contributed by atoms with van der Waals surface area (Å²) in [5.41, 5.74) is 1.25. The third kappa shape index (κ3) is 3.97. The molecule has 0 aliphatic carbocycles. The average molecular weight is 351 g/mol. The molecule has 0 radical (unpaired) electrons. The lowest BCUT2D eigenvalue weighted by molar-refractivity contribution is 0.391. The first kappa shape index (κ1) is 16.6. The van der Waals surface area contributed by atoms with E-state index in [9.17, 15) is 13.2 Å². The topological polar surface area (TPSA) is 18.5 Å². The van der Waals surface area contributed by atoms with E-state index in [-0.39, 0.29) is 5.82 Å². The molecule has 1 saturated heterocycles. The second kappa shape index (κ2) is 7.09. The third-order valence-corrected chi connectivity index (χ3v) is 4.23. The maximum Gasteiger partial charge on any atom is 0.173 e. The fourth-order valence-corrected chi connectivity index (χ4v) is 2.95. The highest BCUT2D eigenvalue weighted by molar-refractivity contribution is 7.80. The number of hydrogen-bond acceptors (Lipinski definition) is 2. The van der Waals surface area contributed by atoms with Gasteiger partial charge in [-0.25, -0.2) is 13.2 Å². The van der Waals surface area contributed by atoms with Crippen LogP contribution in [0.5, 0.6) is 0 Å². The van der Waals surface area contributed by atoms with Gasteiger partial charge in [-0.15, -0.1) is 0 Å². The van der Waals surface area contributed by atoms with Crippen LogP contribution in [0.25, 0.3) is 0 Å². The molecule has 0 saturated carbocycles. The van der Waals surface area contributed by atoms with Crippen LogP contribution >= 0.6 is 12.2 Å². The Bertz CT molecular complexity index is 708. The zero-order valence-electron chi connectivity index (χ0n) is 12.8. The van der Waals surface area contributed by atoms with Crippen molar-refractivity contribution in [3.63, 3.8) is 0 Å². The molecule has 0 unspecified atom stereocenters. The number of nitrogens with one attached hydrogen (secondary N) is 1. The highest BCUT2D eigenvalue weighted by atomic mass is 32.1. The summed E-state index contributed by atoms with van der Waals surface area (Å²) < 4.78 is 39.4. The van der Waals surface area contributed by atoms with Crippen LogP contribution in [0.15, 0.2) is 42.5 Å². The van der Waals surface area contributed by atoms with Crippen LogP contribution < -0.4 is 10.2 Å². The molecule has 3 nitrogen and oxygen atoms in total. The Hall–Kier alpha value is -2.28. The summed E-state index contributed by atoms with van der Waals surface area (Å²) in [5.74, 6) is -1.56. The zero-order chi connectivity index (χ0) is 17.1. The number of thiocarbonyl (C=S) groups is 1. The predicted molar refractivity (Wildman–Crippen MR) is 92.8 cm³/mol. The largest absolute Gasteiger partial charge is 0.368 e. The molecule has 0 spiro atoms. The van der Waals surface area contributed by atoms with Gasteiger partial charge in [0.1, 0.15) is 17.5 Å². The molecule has 0 amide bonds. The number of piperazine rings is 1. The van der Waals surface area contributed by atoms with Gasteiger partial charge in [0, 0.05) is 43.6 Å². The Morgan fingerprint density at radius 3 is 2.00 bits per heavy atom. The lowest BCUT2D eigenvalue weighted by Crippen LogP contribution is -2.50. The van der Waals surface area contributed by atoms with Crippen LogP contribution in [-0.4, -0.2) is 36.2 Å². The fraction of sp³-hybridized carbons (Fsp3) is 0.235. The van der Waals surface area contributed by atoms with Gasteiger partial charge in [0.15, 0.2) is 5.11 Å². The Labute approximate surface area is 143 Å². The van der Waals surface area contributed by atoms with E-state index in [0.717, 1.165) is 24.8 Å². The van der Waals surface area contributed by atoms with Crippen molar-refractivity contribution < 1.29 is 13.2 Å². The lowest BCUT2D eigenvalue weighted by atomic mass is 10.2. The van der Waals surface area contributed by atoms with Gasteiger partial charge >= 0.3 is 0 Å². The Balaban J connectivity index is 1.57. The second-order valence-corrected chi connectivity index (χ2v) is 5.93. The summed E-state index contributed by atoms with van der Waals surface area (Å²) in [5, 5.41) is 3.29. The number of nitrogens with zero attached hydrogens (tertiary/aromatic N) is 2. The van der Waals surface area contributed by atoms with Gasteiger partial charge in [0.2, 0.25) is 0 Å². The normalized spacial score (nSPS) is 14.6. The van der Waals surface area contributed by atoms with E-state index in [1.165, 1.54) is 24.3 Å². The van der Waals surface area contributed by atoms with Crippen molar-refractivity contribution in [3.8, 4) is 0 Å². The molecular formula is C17H16F3N3S. The number of benzene rings is 2. The summed E-state index contributed by atoms with van der Waals surface area (Å²) in [6.45, 7) is 2.79. The molecule has 2 aromatic carbocycles. The van der Waals surface area contributed by atoms with E-state index >= 15 is 0 Å². The monoisotopic (exact) mass is 351 g/mol. The molecule has 1 heterocycles. The van der Waals surface area contributed by atoms with E-state index in [4.69, 9.17) is 12.2 Å². The summed E-state index contributed by atoms with van der Waals surface area (Å²) >= 11 is 5.32. The summed E-state index contributed by atoms with van der Waals surface area (Å²) in [4.78, 5) is 4.08. The van der Waals surface area contributed by atoms with Crippen LogP contribution in [-0.2, 0) is 0 Å². The Morgan fingerprint density at radius 1 is 0.833 bits per heavy atom. The van der Waals surface area contributed by atoms with Gasteiger partial charge in [0.25, 0.3) is 0 Å². The molecule has 0 aromatic heterocycles. The molecular weight excluding hydrogens is 335 g/mol. The van der Waals surface area contributed by atoms with Crippen LogP contribution in [0.2, 0.25) is 0 Å². The van der Waals surface area contributed by atoms with Gasteiger partial charge < -0.3 is 15.1 Å². The standard InChI is InChI=1S/C17H16F3N3S/c18-12-1-3-16(4-2-12)22-5-7-23(8-6-22)17(24)21-15-10-13(19)9-14(20)11-15/h1-4,9-11H,5-8H2,(H,21,24). The van der Waals surface area contributed by atoms with E-state index in [0.29, 0.717) is 23.9 Å². The molecule has 3 rings (SSSR count). The van der Waals surface area contributed by atoms with Crippen molar-refractivity contribution >= 4 is 28.7 Å². The van der Waals surface area contributed by atoms with Gasteiger partial charge in [-0.05, 0) is 48.6 Å². The molecule has 0 atom stereocenters. The smallest absolute Gasteiger partial charge is 0.173 e. The number of halogens is 3. The molecule has 2 aromatic rings. The SMILES string of the molecule is Fc1ccc(N2CCN(C(=S)Nc3cc(F)cc(F)c3)CC2)cc1. The van der Waals surface area contributed by atoms with Gasteiger partial charge in [-0.2, -0.15) is 0 Å². The Morgan fingerprint density at radius 2 is 1.42 bits per heavy atom. The first-order valence-electron chi connectivity index (χ1n) is 7.54. The minimum atomic E-state index is -0.651. The van der Waals surface area contributed by atoms with Crippen molar-refractivity contribution in [1.82, 2.24) is 4.90 Å². The average Bonchev–Trinajstić information content (AvgIpc) is 2.55. The lowest BCUT2D eigenvalue weighted by Gasteiger charge is -2.37. The molecule has 1 aliphatic heterocycles. The van der Waals surface area contributed by atoms with Crippen LogP contribution in [0.3, 0.4) is 0 Å². The minimum Gasteiger partial charge on any atom is -0.368 e. The quantitative estimate of drug-likeness (QED) is 0.833. The fourth-order valence-electron chi connectivity index (χ4n) is 2.65. The summed E-state index contributed by atoms with van der Waals surface area (Å²) in [6, 6.07) is 9.58. The number of anilines is 2. The molecule has 1 N–H and O–H groups in total. The Kier molecular flexibility index (Phi) is 4.89. The predicted octanol–water partition coefficient (Wildman–Crippen LogP) is 3.62. The second-order valence-electron chi connectivity index (χ2n) is 5.54. The van der Waals surface area contributed by atoms with Gasteiger partial charge in [0.05, 0.1) is 0 Å². The number of rotatable bonds is 2. The molecule has 1 fully saturated rings. The van der Waals surface area contributed by atoms with Crippen LogP contribution in [0, 0.1) is 17.5 Å². The van der Waals surface area contributed by atoms with Crippen molar-refractivity contribution in [2.24, 2.45) is 0 Å². The first-order chi connectivity index (χ1) is 11.5. The van der Waals surface area contributed by atoms with Crippen LogP contribution in [0.4, 0.5) is 24.5 Å². The zero-order valence-corrected chi connectivity index (χ0v) is 13.6. The van der Waals surface area contributed by atoms with Crippen molar-refractivity contribution in [3.05, 3.63) is 59.9 Å². The first-order valence-corrected chi connectivity index (χ1v) is 7.94. The maximum atomic E-state index is 13.2. The number of hydrogen-bond donors (Lipinski definition) is 1. The van der Waals surface area contributed by atoms with Gasteiger partial charge in [-0.3, -0.25) is 0 Å². The molecule has 24 heavy (non-hydrogen) atoms. The highest BCUT2D eigenvalue weighted by Gasteiger charge is 2.19. The molecule has 7 heteroatoms. The molecule has 1 aliphatic rings. The van der Waals surface area contributed by atoms with Crippen molar-refractivity contribution in [1.29, 1.82) is 0 Å². The van der Waals surface area contributed by atoms with Crippen molar-refractivity contribution in [2.75, 3.05) is 36.4 Å². The molecule has 0 bridgehead atoms.